The SMILES string of the molecule is COc1cccc(-c2c(N)c(C(=O)O)c(C)n2C)c1. The van der Waals surface area contributed by atoms with Gasteiger partial charge in [-0.1, -0.05) is 12.1 Å². The van der Waals surface area contributed by atoms with E-state index in [0.29, 0.717) is 17.1 Å². The molecule has 0 bridgehead atoms. The standard InChI is InChI=1S/C14H16N2O3/c1-8-11(14(17)18)12(15)13(16(8)2)9-5-4-6-10(7-9)19-3/h4-7H,15H2,1-3H3,(H,17,18). The van der Waals surface area contributed by atoms with Gasteiger partial charge >= 0.3 is 5.97 Å². The van der Waals surface area contributed by atoms with Crippen molar-refractivity contribution >= 4 is 11.7 Å². The van der Waals surface area contributed by atoms with Crippen molar-refractivity contribution in [3.8, 4) is 17.0 Å². The van der Waals surface area contributed by atoms with Crippen molar-refractivity contribution in [3.63, 3.8) is 0 Å². The lowest BCUT2D eigenvalue weighted by molar-refractivity contribution is 0.0697. The van der Waals surface area contributed by atoms with Crippen LogP contribution in [0.25, 0.3) is 11.3 Å². The van der Waals surface area contributed by atoms with Gasteiger partial charge in [-0.05, 0) is 19.1 Å². The summed E-state index contributed by atoms with van der Waals surface area (Å²) in [6, 6.07) is 7.38. The Morgan fingerprint density at radius 1 is 1.42 bits per heavy atom. The van der Waals surface area contributed by atoms with Crippen LogP contribution in [0.4, 0.5) is 5.69 Å². The number of methoxy groups -OCH3 is 1. The van der Waals surface area contributed by atoms with Gasteiger partial charge in [0.25, 0.3) is 0 Å². The predicted molar refractivity (Wildman–Crippen MR) is 73.5 cm³/mol. The Labute approximate surface area is 111 Å². The molecule has 2 rings (SSSR count). The van der Waals surface area contributed by atoms with Gasteiger partial charge in [0.2, 0.25) is 0 Å². The van der Waals surface area contributed by atoms with Gasteiger partial charge in [-0.2, -0.15) is 0 Å². The molecule has 0 saturated carbocycles. The minimum absolute atomic E-state index is 0.153. The van der Waals surface area contributed by atoms with Crippen molar-refractivity contribution in [3.05, 3.63) is 35.5 Å². The number of nitrogens with zero attached hydrogens (tertiary/aromatic N) is 1. The lowest BCUT2D eigenvalue weighted by atomic mass is 10.1. The minimum atomic E-state index is -1.01. The van der Waals surface area contributed by atoms with Gasteiger partial charge in [-0.25, -0.2) is 4.79 Å². The summed E-state index contributed by atoms with van der Waals surface area (Å²) in [6.45, 7) is 1.74. The fourth-order valence-corrected chi connectivity index (χ4v) is 2.22. The van der Waals surface area contributed by atoms with E-state index in [9.17, 15) is 9.90 Å². The fraction of sp³-hybridized carbons (Fsp3) is 0.214. The molecule has 3 N–H and O–H groups in total. The molecule has 0 radical (unpaired) electrons. The van der Waals surface area contributed by atoms with Gasteiger partial charge in [0, 0.05) is 18.3 Å². The van der Waals surface area contributed by atoms with Gasteiger partial charge in [-0.3, -0.25) is 0 Å². The third-order valence-corrected chi connectivity index (χ3v) is 3.28. The highest BCUT2D eigenvalue weighted by Crippen LogP contribution is 2.34. The van der Waals surface area contributed by atoms with E-state index in [4.69, 9.17) is 10.5 Å². The molecule has 5 heteroatoms. The van der Waals surface area contributed by atoms with Crippen LogP contribution in [0.3, 0.4) is 0 Å². The summed E-state index contributed by atoms with van der Waals surface area (Å²) in [6.07, 6.45) is 0. The molecule has 0 saturated heterocycles. The van der Waals surface area contributed by atoms with Crippen LogP contribution in [-0.4, -0.2) is 22.8 Å². The first kappa shape index (κ1) is 13.0. The third-order valence-electron chi connectivity index (χ3n) is 3.28. The number of nitrogens with two attached hydrogens (primary N) is 1. The summed E-state index contributed by atoms with van der Waals surface area (Å²) < 4.78 is 6.96. The molecule has 100 valence electrons. The molecular weight excluding hydrogens is 244 g/mol. The van der Waals surface area contributed by atoms with Crippen LogP contribution in [0.5, 0.6) is 5.75 Å². The van der Waals surface area contributed by atoms with Crippen LogP contribution in [0.15, 0.2) is 24.3 Å². The van der Waals surface area contributed by atoms with Crippen molar-refractivity contribution in [1.82, 2.24) is 4.57 Å². The van der Waals surface area contributed by atoms with E-state index in [-0.39, 0.29) is 11.3 Å². The van der Waals surface area contributed by atoms with E-state index in [1.165, 1.54) is 0 Å². The topological polar surface area (TPSA) is 77.5 Å². The van der Waals surface area contributed by atoms with Crippen LogP contribution in [0.1, 0.15) is 16.1 Å². The Hall–Kier alpha value is -2.43. The van der Waals surface area contributed by atoms with Crippen molar-refractivity contribution in [2.45, 2.75) is 6.92 Å². The number of carbonyl (C=O) groups is 1. The first-order valence-corrected chi connectivity index (χ1v) is 5.79. The monoisotopic (exact) mass is 260 g/mol. The Bertz CT molecular complexity index is 644. The van der Waals surface area contributed by atoms with Crippen molar-refractivity contribution in [2.24, 2.45) is 7.05 Å². The summed E-state index contributed by atoms with van der Waals surface area (Å²) in [5, 5.41) is 9.21. The van der Waals surface area contributed by atoms with Crippen LogP contribution in [-0.2, 0) is 7.05 Å². The van der Waals surface area contributed by atoms with E-state index in [1.54, 1.807) is 25.6 Å². The Morgan fingerprint density at radius 3 is 2.63 bits per heavy atom. The first-order chi connectivity index (χ1) is 8.97. The number of hydrogen-bond donors (Lipinski definition) is 2. The molecule has 5 nitrogen and oxygen atoms in total. The van der Waals surface area contributed by atoms with E-state index in [0.717, 1.165) is 5.56 Å². The van der Waals surface area contributed by atoms with Crippen molar-refractivity contribution in [2.75, 3.05) is 12.8 Å². The summed E-state index contributed by atoms with van der Waals surface area (Å²) in [4.78, 5) is 11.2. The van der Waals surface area contributed by atoms with Gasteiger partial charge in [0.05, 0.1) is 18.5 Å². The third kappa shape index (κ3) is 2.03. The van der Waals surface area contributed by atoms with E-state index < -0.39 is 5.97 Å². The number of ether oxygens (including phenoxy) is 1. The van der Waals surface area contributed by atoms with E-state index >= 15 is 0 Å². The maximum Gasteiger partial charge on any atom is 0.339 e. The molecule has 2 aromatic rings. The second-order valence-corrected chi connectivity index (χ2v) is 4.32. The average Bonchev–Trinajstić information content (AvgIpc) is 2.60. The number of benzene rings is 1. The molecule has 0 aliphatic heterocycles. The second kappa shape index (κ2) is 4.68. The lowest BCUT2D eigenvalue weighted by Crippen LogP contribution is -2.01. The number of hydrogen-bond acceptors (Lipinski definition) is 3. The molecule has 1 aromatic heterocycles. The van der Waals surface area contributed by atoms with Crippen LogP contribution >= 0.6 is 0 Å². The molecule has 0 unspecified atom stereocenters. The van der Waals surface area contributed by atoms with Gasteiger partial charge < -0.3 is 20.1 Å². The molecule has 0 amide bonds. The predicted octanol–water partition coefficient (Wildman–Crippen LogP) is 2.29. The quantitative estimate of drug-likeness (QED) is 0.887. The van der Waals surface area contributed by atoms with Crippen molar-refractivity contribution in [1.29, 1.82) is 0 Å². The van der Waals surface area contributed by atoms with Crippen LogP contribution in [0, 0.1) is 6.92 Å². The number of anilines is 1. The Morgan fingerprint density at radius 2 is 2.11 bits per heavy atom. The first-order valence-electron chi connectivity index (χ1n) is 5.79. The number of rotatable bonds is 3. The summed E-state index contributed by atoms with van der Waals surface area (Å²) in [5.41, 5.74) is 8.56. The Kier molecular flexibility index (Phi) is 3.21. The normalized spacial score (nSPS) is 10.5. The molecule has 0 aliphatic rings. The molecule has 1 heterocycles. The molecular formula is C14H16N2O3. The average molecular weight is 260 g/mol. The maximum absolute atomic E-state index is 11.2. The zero-order chi connectivity index (χ0) is 14.2. The number of nitrogen functional groups attached to an aromatic ring is 1. The molecule has 19 heavy (non-hydrogen) atoms. The highest BCUT2D eigenvalue weighted by molar-refractivity contribution is 5.99. The summed E-state index contributed by atoms with van der Waals surface area (Å²) in [5.74, 6) is -0.313. The Balaban J connectivity index is 2.69. The largest absolute Gasteiger partial charge is 0.497 e. The van der Waals surface area contributed by atoms with Crippen molar-refractivity contribution < 1.29 is 14.6 Å². The van der Waals surface area contributed by atoms with Crippen LogP contribution in [0.2, 0.25) is 0 Å². The number of aromatic nitrogens is 1. The zero-order valence-electron chi connectivity index (χ0n) is 11.1. The molecule has 0 spiro atoms. The highest BCUT2D eigenvalue weighted by atomic mass is 16.5. The second-order valence-electron chi connectivity index (χ2n) is 4.32. The molecule has 0 atom stereocenters. The maximum atomic E-state index is 11.2. The molecule has 0 aliphatic carbocycles. The van der Waals surface area contributed by atoms with Gasteiger partial charge in [0.1, 0.15) is 11.3 Å². The van der Waals surface area contributed by atoms with E-state index in [1.807, 2.05) is 24.3 Å². The smallest absolute Gasteiger partial charge is 0.339 e. The fourth-order valence-electron chi connectivity index (χ4n) is 2.22. The zero-order valence-corrected chi connectivity index (χ0v) is 11.1. The number of aromatic carboxylic acids is 1. The number of carboxylic acids is 1. The highest BCUT2D eigenvalue weighted by Gasteiger charge is 2.22. The molecule has 0 fully saturated rings. The van der Waals surface area contributed by atoms with E-state index in [2.05, 4.69) is 0 Å². The molecule has 1 aromatic carbocycles. The van der Waals surface area contributed by atoms with Crippen LogP contribution < -0.4 is 10.5 Å². The lowest BCUT2D eigenvalue weighted by Gasteiger charge is -2.08. The summed E-state index contributed by atoms with van der Waals surface area (Å²) >= 11 is 0. The van der Waals surface area contributed by atoms with Gasteiger partial charge in [-0.15, -0.1) is 0 Å². The number of carboxylic acid groups (broad SMARTS) is 1. The van der Waals surface area contributed by atoms with Gasteiger partial charge in [0.15, 0.2) is 0 Å². The summed E-state index contributed by atoms with van der Waals surface area (Å²) in [7, 11) is 3.38. The minimum Gasteiger partial charge on any atom is -0.497 e.